The molecule has 2 aromatic rings. The van der Waals surface area contributed by atoms with E-state index in [0.717, 1.165) is 11.1 Å². The van der Waals surface area contributed by atoms with Crippen molar-refractivity contribution in [2.24, 2.45) is 0 Å². The Morgan fingerprint density at radius 2 is 1.53 bits per heavy atom. The molecule has 0 unspecified atom stereocenters. The molecule has 0 radical (unpaired) electrons. The zero-order chi connectivity index (χ0) is 25.9. The van der Waals surface area contributed by atoms with Gasteiger partial charge in [0.2, 0.25) is 0 Å². The van der Waals surface area contributed by atoms with E-state index in [-0.39, 0.29) is 26.2 Å². The highest BCUT2D eigenvalue weighted by atomic mass is 16.7. The van der Waals surface area contributed by atoms with Crippen molar-refractivity contribution < 1.29 is 43.5 Å². The van der Waals surface area contributed by atoms with Crippen LogP contribution in [0.5, 0.6) is 0 Å². The summed E-state index contributed by atoms with van der Waals surface area (Å²) >= 11 is 0. The van der Waals surface area contributed by atoms with Crippen molar-refractivity contribution in [1.29, 1.82) is 0 Å². The molecule has 4 N–H and O–H groups in total. The van der Waals surface area contributed by atoms with Gasteiger partial charge in [0.05, 0.1) is 20.1 Å². The van der Waals surface area contributed by atoms with Gasteiger partial charge < -0.3 is 39.8 Å². The zero-order valence-electron chi connectivity index (χ0n) is 19.7. The summed E-state index contributed by atoms with van der Waals surface area (Å²) in [6, 6.07) is 16.8. The first kappa shape index (κ1) is 27.1. The fraction of sp³-hybridized carbons (Fsp3) is 0.400. The van der Waals surface area contributed by atoms with Gasteiger partial charge in [-0.3, -0.25) is 9.59 Å². The Balaban J connectivity index is 1.66. The largest absolute Gasteiger partial charge is 0.469 e. The molecule has 0 aromatic heterocycles. The summed E-state index contributed by atoms with van der Waals surface area (Å²) in [7, 11) is 1.22. The smallest absolute Gasteiger partial charge is 0.407 e. The van der Waals surface area contributed by atoms with Crippen molar-refractivity contribution >= 4 is 18.0 Å². The quantitative estimate of drug-likeness (QED) is 0.343. The SMILES string of the molecule is COC(=O)CCNC(=O)[C@H]1O[C@H](OCc2ccccc2)[C@H](NC(=O)OCc2ccccc2)[C@@H](O)[C@H]1O. The van der Waals surface area contributed by atoms with E-state index >= 15 is 0 Å². The van der Waals surface area contributed by atoms with Crippen LogP contribution < -0.4 is 10.6 Å². The monoisotopic (exact) mass is 502 g/mol. The Morgan fingerprint density at radius 1 is 0.917 bits per heavy atom. The summed E-state index contributed by atoms with van der Waals surface area (Å²) < 4.78 is 21.2. The van der Waals surface area contributed by atoms with Gasteiger partial charge in [-0.15, -0.1) is 0 Å². The number of esters is 1. The molecule has 0 spiro atoms. The third-order valence-electron chi connectivity index (χ3n) is 5.47. The Kier molecular flexibility index (Phi) is 10.2. The number of carbonyl (C=O) groups excluding carboxylic acids is 3. The molecular weight excluding hydrogens is 472 g/mol. The first-order valence-corrected chi connectivity index (χ1v) is 11.4. The van der Waals surface area contributed by atoms with Crippen LogP contribution in [-0.4, -0.2) is 72.5 Å². The van der Waals surface area contributed by atoms with E-state index in [9.17, 15) is 24.6 Å². The van der Waals surface area contributed by atoms with Gasteiger partial charge in [-0.2, -0.15) is 0 Å². The number of nitrogens with one attached hydrogen (secondary N) is 2. The number of alkyl carbamates (subject to hydrolysis) is 1. The molecule has 36 heavy (non-hydrogen) atoms. The molecule has 11 heteroatoms. The van der Waals surface area contributed by atoms with Crippen molar-refractivity contribution in [3.63, 3.8) is 0 Å². The highest BCUT2D eigenvalue weighted by Gasteiger charge is 2.48. The lowest BCUT2D eigenvalue weighted by Crippen LogP contribution is -2.66. The van der Waals surface area contributed by atoms with Gasteiger partial charge in [0.15, 0.2) is 12.4 Å². The number of aliphatic hydroxyl groups excluding tert-OH is 2. The van der Waals surface area contributed by atoms with E-state index in [1.54, 1.807) is 24.3 Å². The maximum Gasteiger partial charge on any atom is 0.407 e. The molecule has 1 aliphatic heterocycles. The Bertz CT molecular complexity index is 990. The fourth-order valence-corrected chi connectivity index (χ4v) is 3.52. The maximum absolute atomic E-state index is 12.6. The van der Waals surface area contributed by atoms with Gasteiger partial charge in [-0.05, 0) is 11.1 Å². The lowest BCUT2D eigenvalue weighted by molar-refractivity contribution is -0.262. The second-order valence-corrected chi connectivity index (χ2v) is 8.05. The molecule has 2 amide bonds. The highest BCUT2D eigenvalue weighted by Crippen LogP contribution is 2.24. The Labute approximate surface area is 208 Å². The minimum absolute atomic E-state index is 0.0142. The van der Waals surface area contributed by atoms with E-state index < -0.39 is 48.6 Å². The molecule has 194 valence electrons. The first-order chi connectivity index (χ1) is 17.4. The molecule has 3 rings (SSSR count). The summed E-state index contributed by atoms with van der Waals surface area (Å²) in [4.78, 5) is 36.3. The van der Waals surface area contributed by atoms with Crippen LogP contribution in [0.2, 0.25) is 0 Å². The highest BCUT2D eigenvalue weighted by molar-refractivity contribution is 5.82. The molecule has 1 aliphatic rings. The number of aliphatic hydroxyl groups is 2. The molecule has 1 fully saturated rings. The van der Waals surface area contributed by atoms with Gasteiger partial charge in [0.1, 0.15) is 24.9 Å². The number of benzene rings is 2. The lowest BCUT2D eigenvalue weighted by Gasteiger charge is -2.41. The third-order valence-corrected chi connectivity index (χ3v) is 5.47. The molecule has 5 atom stereocenters. The number of carbonyl (C=O) groups is 3. The summed E-state index contributed by atoms with van der Waals surface area (Å²) in [5.74, 6) is -1.29. The molecular formula is C25H30N2O9. The van der Waals surface area contributed by atoms with Crippen LogP contribution in [0.3, 0.4) is 0 Å². The van der Waals surface area contributed by atoms with Gasteiger partial charge in [-0.1, -0.05) is 60.7 Å². The molecule has 1 saturated heterocycles. The number of hydrogen-bond donors (Lipinski definition) is 4. The van der Waals surface area contributed by atoms with Crippen LogP contribution in [0, 0.1) is 0 Å². The average Bonchev–Trinajstić information content (AvgIpc) is 2.90. The minimum Gasteiger partial charge on any atom is -0.469 e. The van der Waals surface area contributed by atoms with Crippen LogP contribution in [0.1, 0.15) is 17.5 Å². The first-order valence-electron chi connectivity index (χ1n) is 11.4. The number of hydrogen-bond acceptors (Lipinski definition) is 9. The van der Waals surface area contributed by atoms with Gasteiger partial charge in [0.25, 0.3) is 5.91 Å². The van der Waals surface area contributed by atoms with Crippen LogP contribution in [0.15, 0.2) is 60.7 Å². The number of amides is 2. The van der Waals surface area contributed by atoms with Gasteiger partial charge >= 0.3 is 12.1 Å². The van der Waals surface area contributed by atoms with Crippen molar-refractivity contribution in [2.75, 3.05) is 13.7 Å². The second kappa shape index (κ2) is 13.5. The van der Waals surface area contributed by atoms with Crippen molar-refractivity contribution in [3.05, 3.63) is 71.8 Å². The van der Waals surface area contributed by atoms with Crippen molar-refractivity contribution in [2.45, 2.75) is 50.3 Å². The summed E-state index contributed by atoms with van der Waals surface area (Å²) in [6.07, 6.45) is -7.09. The predicted molar refractivity (Wildman–Crippen MR) is 125 cm³/mol. The lowest BCUT2D eigenvalue weighted by atomic mass is 9.96. The van der Waals surface area contributed by atoms with Gasteiger partial charge in [-0.25, -0.2) is 4.79 Å². The average molecular weight is 503 g/mol. The van der Waals surface area contributed by atoms with Gasteiger partial charge in [0, 0.05) is 6.54 Å². The number of ether oxygens (including phenoxy) is 4. The number of rotatable bonds is 10. The summed E-state index contributed by atoms with van der Waals surface area (Å²) in [5, 5.41) is 26.3. The van der Waals surface area contributed by atoms with Crippen LogP contribution in [0.4, 0.5) is 4.79 Å². The predicted octanol–water partition coefficient (Wildman–Crippen LogP) is 0.624. The third kappa shape index (κ3) is 7.75. The molecule has 1 heterocycles. The molecule has 0 bridgehead atoms. The van der Waals surface area contributed by atoms with E-state index in [0.29, 0.717) is 0 Å². The molecule has 2 aromatic carbocycles. The van der Waals surface area contributed by atoms with Crippen molar-refractivity contribution in [3.8, 4) is 0 Å². The maximum atomic E-state index is 12.6. The number of methoxy groups -OCH3 is 1. The molecule has 0 aliphatic carbocycles. The standard InChI is InChI=1S/C25H30N2O9/c1-33-18(28)12-13-26-23(31)22-21(30)20(29)19(24(36-22)34-14-16-8-4-2-5-9-16)27-25(32)35-15-17-10-6-3-7-11-17/h2-11,19-22,24,29-30H,12-15H2,1H3,(H,26,31)(H,27,32)/t19-,20-,21-,22+,24+/m1/s1. The second-order valence-electron chi connectivity index (χ2n) is 8.05. The minimum atomic E-state index is -1.70. The summed E-state index contributed by atoms with van der Waals surface area (Å²) in [5.41, 5.74) is 1.54. The molecule has 11 nitrogen and oxygen atoms in total. The van der Waals surface area contributed by atoms with E-state index in [1.165, 1.54) is 7.11 Å². The zero-order valence-corrected chi connectivity index (χ0v) is 19.7. The van der Waals surface area contributed by atoms with E-state index in [2.05, 4.69) is 15.4 Å². The fourth-order valence-electron chi connectivity index (χ4n) is 3.52. The Morgan fingerprint density at radius 3 is 2.14 bits per heavy atom. The van der Waals surface area contributed by atoms with E-state index in [4.69, 9.17) is 14.2 Å². The van der Waals surface area contributed by atoms with Crippen molar-refractivity contribution in [1.82, 2.24) is 10.6 Å². The summed E-state index contributed by atoms with van der Waals surface area (Å²) in [6.45, 7) is -0.0287. The topological polar surface area (TPSA) is 153 Å². The normalized spacial score (nSPS) is 23.4. The van der Waals surface area contributed by atoms with Crippen LogP contribution >= 0.6 is 0 Å². The van der Waals surface area contributed by atoms with E-state index in [1.807, 2.05) is 36.4 Å². The van der Waals surface area contributed by atoms with Crippen LogP contribution in [0.25, 0.3) is 0 Å². The Hall–Kier alpha value is -3.51. The molecule has 0 saturated carbocycles. The van der Waals surface area contributed by atoms with Crippen LogP contribution in [-0.2, 0) is 41.8 Å².